The smallest absolute Gasteiger partial charge is 0.299 e. The SMILES string of the molecule is Cn1cc(NS(=O)(=O)NC2(C)CC(F)(F)C2)c(Cl)c1C(=O)Nc1cc(F)c(F)c(F)c1. The Balaban J connectivity index is 1.78. The molecule has 14 heteroatoms. The third-order valence-electron chi connectivity index (χ3n) is 4.50. The zero-order valence-corrected chi connectivity index (χ0v) is 17.6. The second-order valence-corrected chi connectivity index (χ2v) is 9.30. The Morgan fingerprint density at radius 2 is 1.71 bits per heavy atom. The summed E-state index contributed by atoms with van der Waals surface area (Å²) in [5, 5.41) is 1.76. The standard InChI is InChI=1S/C17H16ClF5N4O3S/c1-16(6-17(22,23)7-16)26-31(29,30)25-11-5-27(2)14(12(11)18)15(28)24-8-3-9(19)13(21)10(20)4-8/h3-5,25-26H,6-7H2,1-2H3,(H,24,28). The molecule has 1 aromatic carbocycles. The zero-order chi connectivity index (χ0) is 23.4. The van der Waals surface area contributed by atoms with Gasteiger partial charge >= 0.3 is 0 Å². The lowest BCUT2D eigenvalue weighted by Gasteiger charge is -2.44. The summed E-state index contributed by atoms with van der Waals surface area (Å²) >= 11 is 6.08. The number of amides is 1. The highest BCUT2D eigenvalue weighted by Gasteiger charge is 2.55. The van der Waals surface area contributed by atoms with Gasteiger partial charge in [0, 0.05) is 49.4 Å². The van der Waals surface area contributed by atoms with Gasteiger partial charge in [-0.05, 0) is 6.92 Å². The molecule has 1 saturated carbocycles. The van der Waals surface area contributed by atoms with Crippen LogP contribution in [0, 0.1) is 17.5 Å². The van der Waals surface area contributed by atoms with E-state index in [1.165, 1.54) is 14.0 Å². The van der Waals surface area contributed by atoms with Crippen LogP contribution in [-0.2, 0) is 17.3 Å². The van der Waals surface area contributed by atoms with E-state index in [2.05, 4.69) is 14.8 Å². The lowest BCUT2D eigenvalue weighted by molar-refractivity contribution is -0.121. The molecular formula is C17H16ClF5N4O3S. The van der Waals surface area contributed by atoms with Crippen LogP contribution in [0.1, 0.15) is 30.3 Å². The van der Waals surface area contributed by atoms with Crippen molar-refractivity contribution in [2.24, 2.45) is 7.05 Å². The normalized spacial score (nSPS) is 17.2. The van der Waals surface area contributed by atoms with Gasteiger partial charge in [-0.25, -0.2) is 22.0 Å². The molecule has 0 atom stereocenters. The summed E-state index contributed by atoms with van der Waals surface area (Å²) in [4.78, 5) is 12.5. The van der Waals surface area contributed by atoms with Crippen molar-refractivity contribution in [3.05, 3.63) is 46.5 Å². The molecule has 0 saturated heterocycles. The Hall–Kier alpha value is -2.38. The van der Waals surface area contributed by atoms with Crippen LogP contribution in [0.4, 0.5) is 33.3 Å². The summed E-state index contributed by atoms with van der Waals surface area (Å²) in [6, 6.07) is 1.10. The highest BCUT2D eigenvalue weighted by Crippen LogP contribution is 2.45. The number of aryl methyl sites for hydroxylation is 1. The molecule has 0 spiro atoms. The number of hydrogen-bond acceptors (Lipinski definition) is 3. The van der Waals surface area contributed by atoms with E-state index in [1.54, 1.807) is 0 Å². The van der Waals surface area contributed by atoms with Crippen molar-refractivity contribution >= 4 is 39.1 Å². The number of rotatable bonds is 6. The summed E-state index contributed by atoms with van der Waals surface area (Å²) in [6.45, 7) is 1.32. The molecule has 2 aromatic rings. The van der Waals surface area contributed by atoms with E-state index in [0.717, 1.165) is 10.8 Å². The first-order valence-corrected chi connectivity index (χ1v) is 10.5. The van der Waals surface area contributed by atoms with Gasteiger partial charge in [0.2, 0.25) is 0 Å². The molecule has 0 bridgehead atoms. The molecule has 1 aliphatic rings. The largest absolute Gasteiger partial charge is 0.343 e. The van der Waals surface area contributed by atoms with E-state index in [4.69, 9.17) is 11.6 Å². The van der Waals surface area contributed by atoms with E-state index in [0.29, 0.717) is 12.1 Å². The fraction of sp³-hybridized carbons (Fsp3) is 0.353. The first-order chi connectivity index (χ1) is 14.1. The second kappa shape index (κ2) is 7.64. The third kappa shape index (κ3) is 4.93. The van der Waals surface area contributed by atoms with Crippen LogP contribution in [-0.4, -0.2) is 30.4 Å². The van der Waals surface area contributed by atoms with Crippen LogP contribution < -0.4 is 14.8 Å². The number of hydrogen-bond donors (Lipinski definition) is 3. The Bertz CT molecular complexity index is 1140. The number of halogens is 6. The van der Waals surface area contributed by atoms with Crippen LogP contribution in [0.2, 0.25) is 5.02 Å². The maximum Gasteiger partial charge on any atom is 0.299 e. The Labute approximate surface area is 178 Å². The monoisotopic (exact) mass is 486 g/mol. The summed E-state index contributed by atoms with van der Waals surface area (Å²) in [7, 11) is -2.99. The highest BCUT2D eigenvalue weighted by molar-refractivity contribution is 7.90. The molecule has 31 heavy (non-hydrogen) atoms. The number of aromatic nitrogens is 1. The lowest BCUT2D eigenvalue weighted by atomic mass is 9.76. The molecule has 3 N–H and O–H groups in total. The number of nitrogens with one attached hydrogen (secondary N) is 3. The molecule has 170 valence electrons. The number of nitrogens with zero attached hydrogens (tertiary/aromatic N) is 1. The molecule has 1 fully saturated rings. The van der Waals surface area contributed by atoms with Gasteiger partial charge in [-0.2, -0.15) is 13.1 Å². The molecule has 1 amide bonds. The third-order valence-corrected chi connectivity index (χ3v) is 6.13. The number of carbonyl (C=O) groups is 1. The van der Waals surface area contributed by atoms with E-state index < -0.39 is 63.6 Å². The molecule has 1 aliphatic carbocycles. The number of carbonyl (C=O) groups excluding carboxylic acids is 1. The Morgan fingerprint density at radius 3 is 2.23 bits per heavy atom. The van der Waals surface area contributed by atoms with E-state index >= 15 is 0 Å². The zero-order valence-electron chi connectivity index (χ0n) is 16.0. The van der Waals surface area contributed by atoms with Crippen molar-refractivity contribution < 1.29 is 35.2 Å². The van der Waals surface area contributed by atoms with Gasteiger partial charge in [0.1, 0.15) is 5.69 Å². The van der Waals surface area contributed by atoms with Crippen molar-refractivity contribution in [1.29, 1.82) is 0 Å². The van der Waals surface area contributed by atoms with Crippen molar-refractivity contribution in [3.8, 4) is 0 Å². The van der Waals surface area contributed by atoms with Crippen LogP contribution >= 0.6 is 11.6 Å². The molecular weight excluding hydrogens is 471 g/mol. The maximum absolute atomic E-state index is 13.3. The fourth-order valence-electron chi connectivity index (χ4n) is 3.40. The average molecular weight is 487 g/mol. The summed E-state index contributed by atoms with van der Waals surface area (Å²) in [5.74, 6) is -8.70. The first-order valence-electron chi connectivity index (χ1n) is 8.62. The number of anilines is 2. The molecule has 3 rings (SSSR count). The van der Waals surface area contributed by atoms with Crippen LogP contribution in [0.15, 0.2) is 18.3 Å². The molecule has 7 nitrogen and oxygen atoms in total. The minimum atomic E-state index is -4.33. The molecule has 1 aromatic heterocycles. The first kappa shape index (κ1) is 23.3. The predicted molar refractivity (Wildman–Crippen MR) is 103 cm³/mol. The van der Waals surface area contributed by atoms with Crippen molar-refractivity contribution in [1.82, 2.24) is 9.29 Å². The number of benzene rings is 1. The van der Waals surface area contributed by atoms with E-state index in [1.807, 2.05) is 0 Å². The fourth-order valence-corrected chi connectivity index (χ4v) is 5.06. The van der Waals surface area contributed by atoms with Crippen molar-refractivity contribution in [3.63, 3.8) is 0 Å². The topological polar surface area (TPSA) is 92.2 Å². The van der Waals surface area contributed by atoms with Gasteiger partial charge in [-0.1, -0.05) is 11.6 Å². The van der Waals surface area contributed by atoms with Gasteiger partial charge in [-0.3, -0.25) is 9.52 Å². The quantitative estimate of drug-likeness (QED) is 0.428. The maximum atomic E-state index is 13.3. The summed E-state index contributed by atoms with van der Waals surface area (Å²) in [6.07, 6.45) is -0.218. The van der Waals surface area contributed by atoms with Crippen LogP contribution in [0.5, 0.6) is 0 Å². The van der Waals surface area contributed by atoms with Crippen molar-refractivity contribution in [2.45, 2.75) is 31.2 Å². The average Bonchev–Trinajstić information content (AvgIpc) is 2.82. The van der Waals surface area contributed by atoms with Gasteiger partial charge < -0.3 is 9.88 Å². The summed E-state index contributed by atoms with van der Waals surface area (Å²) in [5.41, 5.74) is -2.28. The minimum Gasteiger partial charge on any atom is -0.343 e. The van der Waals surface area contributed by atoms with Crippen LogP contribution in [0.25, 0.3) is 0 Å². The highest BCUT2D eigenvalue weighted by atomic mass is 35.5. The van der Waals surface area contributed by atoms with E-state index in [-0.39, 0.29) is 16.4 Å². The molecule has 0 unspecified atom stereocenters. The lowest BCUT2D eigenvalue weighted by Crippen LogP contribution is -2.61. The number of alkyl halides is 2. The van der Waals surface area contributed by atoms with E-state index in [9.17, 15) is 35.2 Å². The van der Waals surface area contributed by atoms with Gasteiger partial charge in [0.25, 0.3) is 22.0 Å². The predicted octanol–water partition coefficient (Wildman–Crippen LogP) is 3.78. The van der Waals surface area contributed by atoms with Gasteiger partial charge in [0.15, 0.2) is 17.5 Å². The summed E-state index contributed by atoms with van der Waals surface area (Å²) < 4.78 is 95.8. The Kier molecular flexibility index (Phi) is 5.74. The molecule has 0 radical (unpaired) electrons. The van der Waals surface area contributed by atoms with Crippen molar-refractivity contribution in [2.75, 3.05) is 10.0 Å². The second-order valence-electron chi connectivity index (χ2n) is 7.50. The minimum absolute atomic E-state index is 0.243. The molecule has 1 heterocycles. The Morgan fingerprint density at radius 1 is 1.16 bits per heavy atom. The molecule has 0 aliphatic heterocycles. The van der Waals surface area contributed by atoms with Gasteiger partial charge in [-0.15, -0.1) is 0 Å². The van der Waals surface area contributed by atoms with Gasteiger partial charge in [0.05, 0.1) is 10.7 Å². The van der Waals surface area contributed by atoms with Crippen LogP contribution in [0.3, 0.4) is 0 Å².